The highest BCUT2D eigenvalue weighted by atomic mass is 16.4. The molecule has 0 aromatic heterocycles. The standard InChI is InChI=1S/C16H17NO.C10H11NO2/c1-17(2)16(18)15(13-9-5-3-6-10-13)14-11-7-4-8-12-14;12-10(13)9-5-7-3-1-2-4-8(7)6-11-9/h3-12,15H,1-2H3;1-4,9,11H,5-6H2,(H,12,13). The lowest BCUT2D eigenvalue weighted by Crippen LogP contribution is -2.41. The first-order valence-electron chi connectivity index (χ1n) is 10.3. The van der Waals surface area contributed by atoms with Gasteiger partial charge in [-0.3, -0.25) is 9.59 Å². The molecular formula is C26H28N2O3. The Morgan fingerprint density at radius 1 is 0.839 bits per heavy atom. The third-order valence-corrected chi connectivity index (χ3v) is 5.33. The molecule has 1 amide bonds. The number of rotatable bonds is 4. The molecule has 160 valence electrons. The lowest BCUT2D eigenvalue weighted by Gasteiger charge is -2.22. The summed E-state index contributed by atoms with van der Waals surface area (Å²) >= 11 is 0. The predicted molar refractivity (Wildman–Crippen MR) is 122 cm³/mol. The van der Waals surface area contributed by atoms with Crippen molar-refractivity contribution in [2.75, 3.05) is 14.1 Å². The molecule has 0 spiro atoms. The molecule has 1 aliphatic rings. The van der Waals surface area contributed by atoms with Gasteiger partial charge in [-0.2, -0.15) is 0 Å². The van der Waals surface area contributed by atoms with Crippen molar-refractivity contribution in [2.24, 2.45) is 0 Å². The molecule has 2 N–H and O–H groups in total. The van der Waals surface area contributed by atoms with Crippen LogP contribution in [0.5, 0.6) is 0 Å². The fourth-order valence-electron chi connectivity index (χ4n) is 3.66. The molecule has 3 aromatic rings. The van der Waals surface area contributed by atoms with Gasteiger partial charge in [-0.15, -0.1) is 0 Å². The maximum Gasteiger partial charge on any atom is 0.321 e. The van der Waals surface area contributed by atoms with Crippen LogP contribution in [0.3, 0.4) is 0 Å². The molecular weight excluding hydrogens is 388 g/mol. The average molecular weight is 417 g/mol. The van der Waals surface area contributed by atoms with Crippen LogP contribution >= 0.6 is 0 Å². The first-order chi connectivity index (χ1) is 15.0. The lowest BCUT2D eigenvalue weighted by molar-refractivity contribution is -0.139. The van der Waals surface area contributed by atoms with Gasteiger partial charge in [-0.05, 0) is 28.7 Å². The molecule has 1 unspecified atom stereocenters. The Morgan fingerprint density at radius 2 is 1.32 bits per heavy atom. The van der Waals surface area contributed by atoms with Gasteiger partial charge in [0, 0.05) is 20.6 Å². The maximum atomic E-state index is 12.4. The molecule has 0 saturated carbocycles. The van der Waals surface area contributed by atoms with Crippen LogP contribution in [0.15, 0.2) is 84.9 Å². The van der Waals surface area contributed by atoms with Crippen molar-refractivity contribution in [3.05, 3.63) is 107 Å². The Balaban J connectivity index is 0.000000185. The quantitative estimate of drug-likeness (QED) is 0.681. The van der Waals surface area contributed by atoms with E-state index in [1.54, 1.807) is 19.0 Å². The third-order valence-electron chi connectivity index (χ3n) is 5.33. The van der Waals surface area contributed by atoms with Crippen molar-refractivity contribution in [1.82, 2.24) is 10.2 Å². The monoisotopic (exact) mass is 416 g/mol. The number of carbonyl (C=O) groups excluding carboxylic acids is 1. The minimum Gasteiger partial charge on any atom is -0.480 e. The van der Waals surface area contributed by atoms with Crippen molar-refractivity contribution in [1.29, 1.82) is 0 Å². The zero-order chi connectivity index (χ0) is 22.2. The van der Waals surface area contributed by atoms with Gasteiger partial charge in [0.25, 0.3) is 0 Å². The van der Waals surface area contributed by atoms with Gasteiger partial charge in [0.1, 0.15) is 6.04 Å². The van der Waals surface area contributed by atoms with Gasteiger partial charge in [0.05, 0.1) is 5.92 Å². The van der Waals surface area contributed by atoms with Crippen LogP contribution in [-0.4, -0.2) is 42.0 Å². The number of carboxylic acid groups (broad SMARTS) is 1. The Labute approximate surface area is 183 Å². The summed E-state index contributed by atoms with van der Waals surface area (Å²) in [7, 11) is 3.59. The SMILES string of the molecule is CN(C)C(=O)C(c1ccccc1)c1ccccc1.O=C(O)C1Cc2ccccc2CN1. The molecule has 1 heterocycles. The second-order valence-corrected chi connectivity index (χ2v) is 7.73. The second kappa shape index (κ2) is 10.5. The van der Waals surface area contributed by atoms with Crippen LogP contribution in [0.1, 0.15) is 28.2 Å². The molecule has 0 aliphatic carbocycles. The summed E-state index contributed by atoms with van der Waals surface area (Å²) < 4.78 is 0. The largest absolute Gasteiger partial charge is 0.480 e. The van der Waals surface area contributed by atoms with E-state index in [1.807, 2.05) is 84.9 Å². The van der Waals surface area contributed by atoms with Gasteiger partial charge in [0.2, 0.25) is 5.91 Å². The number of hydrogen-bond acceptors (Lipinski definition) is 3. The molecule has 0 saturated heterocycles. The average Bonchev–Trinajstić information content (AvgIpc) is 2.80. The van der Waals surface area contributed by atoms with Crippen LogP contribution < -0.4 is 5.32 Å². The van der Waals surface area contributed by atoms with E-state index in [2.05, 4.69) is 5.32 Å². The van der Waals surface area contributed by atoms with Crippen molar-refractivity contribution in [3.63, 3.8) is 0 Å². The summed E-state index contributed by atoms with van der Waals surface area (Å²) in [6, 6.07) is 27.3. The highest BCUT2D eigenvalue weighted by Crippen LogP contribution is 2.26. The molecule has 0 bridgehead atoms. The van der Waals surface area contributed by atoms with Gasteiger partial charge >= 0.3 is 5.97 Å². The van der Waals surface area contributed by atoms with Crippen LogP contribution in [0.4, 0.5) is 0 Å². The van der Waals surface area contributed by atoms with Gasteiger partial charge in [-0.25, -0.2) is 0 Å². The Hall–Kier alpha value is -3.44. The first-order valence-corrected chi connectivity index (χ1v) is 10.3. The third kappa shape index (κ3) is 5.80. The van der Waals surface area contributed by atoms with Crippen LogP contribution in [0.2, 0.25) is 0 Å². The normalized spacial score (nSPS) is 14.7. The summed E-state index contributed by atoms with van der Waals surface area (Å²) in [4.78, 5) is 24.7. The number of benzene rings is 3. The van der Waals surface area contributed by atoms with Crippen molar-refractivity contribution in [2.45, 2.75) is 24.9 Å². The highest BCUT2D eigenvalue weighted by Gasteiger charge is 2.24. The Kier molecular flexibility index (Phi) is 7.57. The Morgan fingerprint density at radius 3 is 1.81 bits per heavy atom. The summed E-state index contributed by atoms with van der Waals surface area (Å²) in [5, 5.41) is 11.8. The zero-order valence-electron chi connectivity index (χ0n) is 17.9. The predicted octanol–water partition coefficient (Wildman–Crippen LogP) is 3.69. The molecule has 0 radical (unpaired) electrons. The van der Waals surface area contributed by atoms with E-state index in [1.165, 1.54) is 5.56 Å². The Bertz CT molecular complexity index is 964. The maximum absolute atomic E-state index is 12.4. The fourth-order valence-corrected chi connectivity index (χ4v) is 3.66. The molecule has 5 nitrogen and oxygen atoms in total. The van der Waals surface area contributed by atoms with Crippen LogP contribution in [-0.2, 0) is 22.6 Å². The van der Waals surface area contributed by atoms with Crippen LogP contribution in [0.25, 0.3) is 0 Å². The lowest BCUT2D eigenvalue weighted by atomic mass is 9.90. The molecule has 1 atom stereocenters. The van der Waals surface area contributed by atoms with Gasteiger partial charge in [-0.1, -0.05) is 84.9 Å². The summed E-state index contributed by atoms with van der Waals surface area (Å²) in [6.07, 6.45) is 0.589. The zero-order valence-corrected chi connectivity index (χ0v) is 17.9. The number of amides is 1. The van der Waals surface area contributed by atoms with E-state index in [0.29, 0.717) is 13.0 Å². The van der Waals surface area contributed by atoms with E-state index in [-0.39, 0.29) is 11.8 Å². The molecule has 1 aliphatic heterocycles. The molecule has 4 rings (SSSR count). The van der Waals surface area contributed by atoms with E-state index < -0.39 is 12.0 Å². The number of likely N-dealkylation sites (N-methyl/N-ethyl adjacent to an activating group) is 1. The number of carboxylic acids is 1. The fraction of sp³-hybridized carbons (Fsp3) is 0.231. The first kappa shape index (κ1) is 22.2. The highest BCUT2D eigenvalue weighted by molar-refractivity contribution is 5.86. The second-order valence-electron chi connectivity index (χ2n) is 7.73. The smallest absolute Gasteiger partial charge is 0.321 e. The minimum atomic E-state index is -0.769. The number of aliphatic carboxylic acids is 1. The van der Waals surface area contributed by atoms with E-state index in [9.17, 15) is 9.59 Å². The summed E-state index contributed by atoms with van der Waals surface area (Å²) in [6.45, 7) is 0.660. The molecule has 0 fully saturated rings. The van der Waals surface area contributed by atoms with Gasteiger partial charge < -0.3 is 15.3 Å². The van der Waals surface area contributed by atoms with Gasteiger partial charge in [0.15, 0.2) is 0 Å². The molecule has 31 heavy (non-hydrogen) atoms. The van der Waals surface area contributed by atoms with Crippen LogP contribution in [0, 0.1) is 0 Å². The topological polar surface area (TPSA) is 69.6 Å². The van der Waals surface area contributed by atoms with Crippen molar-refractivity contribution >= 4 is 11.9 Å². The number of hydrogen-bond donors (Lipinski definition) is 2. The van der Waals surface area contributed by atoms with E-state index in [4.69, 9.17) is 5.11 Å². The van der Waals surface area contributed by atoms with E-state index >= 15 is 0 Å². The number of nitrogens with zero attached hydrogens (tertiary/aromatic N) is 1. The minimum absolute atomic E-state index is 0.104. The number of nitrogens with one attached hydrogen (secondary N) is 1. The van der Waals surface area contributed by atoms with E-state index in [0.717, 1.165) is 16.7 Å². The molecule has 5 heteroatoms. The number of fused-ring (bicyclic) bond motifs is 1. The molecule has 3 aromatic carbocycles. The summed E-state index contributed by atoms with van der Waals surface area (Å²) in [5.74, 6) is -0.885. The van der Waals surface area contributed by atoms with Crippen molar-refractivity contribution in [3.8, 4) is 0 Å². The number of carbonyl (C=O) groups is 2. The summed E-state index contributed by atoms with van der Waals surface area (Å²) in [5.41, 5.74) is 4.42. The van der Waals surface area contributed by atoms with Crippen molar-refractivity contribution < 1.29 is 14.7 Å².